The summed E-state index contributed by atoms with van der Waals surface area (Å²) in [5, 5.41) is 3.75. The van der Waals surface area contributed by atoms with Gasteiger partial charge in [-0.2, -0.15) is 0 Å². The quantitative estimate of drug-likeness (QED) is 0.838. The van der Waals surface area contributed by atoms with Crippen LogP contribution < -0.4 is 5.32 Å². The Morgan fingerprint density at radius 1 is 1.05 bits per heavy atom. The van der Waals surface area contributed by atoms with Gasteiger partial charge in [0, 0.05) is 18.8 Å². The molecule has 0 unspecified atom stereocenters. The van der Waals surface area contributed by atoms with Gasteiger partial charge in [0.05, 0.1) is 5.02 Å². The van der Waals surface area contributed by atoms with Gasteiger partial charge in [-0.1, -0.05) is 62.7 Å². The molecule has 0 fully saturated rings. The van der Waals surface area contributed by atoms with E-state index in [0.29, 0.717) is 5.02 Å². The molecule has 0 bridgehead atoms. The second-order valence-electron chi connectivity index (χ2n) is 6.01. The summed E-state index contributed by atoms with van der Waals surface area (Å²) in [7, 11) is 1.84. The van der Waals surface area contributed by atoms with Gasteiger partial charge in [0.2, 0.25) is 0 Å². The van der Waals surface area contributed by atoms with E-state index in [2.05, 4.69) is 61.4 Å². The molecule has 1 heterocycles. The van der Waals surface area contributed by atoms with Crippen molar-refractivity contribution in [3.8, 4) is 0 Å². The minimum Gasteiger partial charge on any atom is -0.373 e. The van der Waals surface area contributed by atoms with Crippen molar-refractivity contribution in [3.63, 3.8) is 0 Å². The zero-order chi connectivity index (χ0) is 15.5. The van der Waals surface area contributed by atoms with Crippen molar-refractivity contribution in [2.24, 2.45) is 0 Å². The first-order valence-electron chi connectivity index (χ1n) is 7.02. The first-order valence-corrected chi connectivity index (χ1v) is 7.40. The Hall–Kier alpha value is -1.80. The van der Waals surface area contributed by atoms with E-state index in [4.69, 9.17) is 11.6 Å². The number of hydrogen-bond acceptors (Lipinski definition) is 2. The monoisotopic (exact) mass is 300 g/mol. The number of anilines is 1. The van der Waals surface area contributed by atoms with Gasteiger partial charge >= 0.3 is 0 Å². The lowest BCUT2D eigenvalue weighted by molar-refractivity contribution is 0.590. The summed E-state index contributed by atoms with van der Waals surface area (Å²) >= 11 is 6.23. The van der Waals surface area contributed by atoms with E-state index >= 15 is 0 Å². The number of benzene rings is 1. The maximum absolute atomic E-state index is 6.23. The van der Waals surface area contributed by atoms with Crippen molar-refractivity contribution in [1.82, 2.24) is 4.98 Å². The van der Waals surface area contributed by atoms with Crippen molar-refractivity contribution in [3.05, 3.63) is 58.2 Å². The second-order valence-corrected chi connectivity index (χ2v) is 6.42. The molecule has 110 valence electrons. The summed E-state index contributed by atoms with van der Waals surface area (Å²) in [5.41, 5.74) is 3.55. The SMILES string of the molecule is CNc1nccc(Cl)c1/C=C/c1ccc(C(C)(C)C)cc1. The molecule has 0 saturated heterocycles. The van der Waals surface area contributed by atoms with E-state index < -0.39 is 0 Å². The summed E-state index contributed by atoms with van der Waals surface area (Å²) in [6.45, 7) is 6.64. The largest absolute Gasteiger partial charge is 0.373 e. The van der Waals surface area contributed by atoms with Crippen molar-refractivity contribution in [1.29, 1.82) is 0 Å². The molecule has 0 amide bonds. The molecule has 1 aromatic heterocycles. The van der Waals surface area contributed by atoms with Gasteiger partial charge in [-0.3, -0.25) is 0 Å². The molecule has 1 N–H and O–H groups in total. The molecule has 2 rings (SSSR count). The summed E-state index contributed by atoms with van der Waals surface area (Å²) in [4.78, 5) is 4.27. The van der Waals surface area contributed by atoms with Gasteiger partial charge in [-0.05, 0) is 28.7 Å². The Labute approximate surface area is 131 Å². The topological polar surface area (TPSA) is 24.9 Å². The van der Waals surface area contributed by atoms with Crippen LogP contribution in [0.4, 0.5) is 5.82 Å². The molecule has 21 heavy (non-hydrogen) atoms. The summed E-state index contributed by atoms with van der Waals surface area (Å²) in [6, 6.07) is 10.4. The Morgan fingerprint density at radius 3 is 2.29 bits per heavy atom. The number of hydrogen-bond donors (Lipinski definition) is 1. The second kappa shape index (κ2) is 6.31. The predicted octanol–water partition coefficient (Wildman–Crippen LogP) is 5.24. The number of halogens is 1. The van der Waals surface area contributed by atoms with Gasteiger partial charge in [0.25, 0.3) is 0 Å². The molecule has 2 aromatic rings. The fraction of sp³-hybridized carbons (Fsp3) is 0.278. The molecular formula is C18H21ClN2. The van der Waals surface area contributed by atoms with Crippen molar-refractivity contribution in [2.45, 2.75) is 26.2 Å². The highest BCUT2D eigenvalue weighted by atomic mass is 35.5. The van der Waals surface area contributed by atoms with E-state index in [1.165, 1.54) is 5.56 Å². The highest BCUT2D eigenvalue weighted by Gasteiger charge is 2.12. The molecule has 0 radical (unpaired) electrons. The zero-order valence-electron chi connectivity index (χ0n) is 12.9. The minimum atomic E-state index is 0.175. The van der Waals surface area contributed by atoms with Crippen LogP contribution in [0.5, 0.6) is 0 Å². The Kier molecular flexibility index (Phi) is 4.69. The smallest absolute Gasteiger partial charge is 0.134 e. The lowest BCUT2D eigenvalue weighted by Crippen LogP contribution is -2.10. The molecule has 0 atom stereocenters. The third-order valence-corrected chi connectivity index (χ3v) is 3.72. The molecule has 0 aliphatic rings. The highest BCUT2D eigenvalue weighted by molar-refractivity contribution is 6.32. The van der Waals surface area contributed by atoms with Crippen LogP contribution in [0.2, 0.25) is 5.02 Å². The molecule has 1 aromatic carbocycles. The van der Waals surface area contributed by atoms with Crippen LogP contribution in [0.3, 0.4) is 0 Å². The fourth-order valence-electron chi connectivity index (χ4n) is 2.08. The van der Waals surface area contributed by atoms with Crippen molar-refractivity contribution >= 4 is 29.6 Å². The normalized spacial score (nSPS) is 11.9. The molecule has 0 aliphatic carbocycles. The van der Waals surface area contributed by atoms with E-state index in [-0.39, 0.29) is 5.41 Å². The predicted molar refractivity (Wildman–Crippen MR) is 92.9 cm³/mol. The van der Waals surface area contributed by atoms with Gasteiger partial charge in [0.1, 0.15) is 5.82 Å². The van der Waals surface area contributed by atoms with Crippen LogP contribution in [0.15, 0.2) is 36.5 Å². The number of nitrogens with one attached hydrogen (secondary N) is 1. The van der Waals surface area contributed by atoms with Crippen LogP contribution in [-0.2, 0) is 5.41 Å². The minimum absolute atomic E-state index is 0.175. The van der Waals surface area contributed by atoms with Crippen LogP contribution in [0, 0.1) is 0 Å². The average Bonchev–Trinajstić information content (AvgIpc) is 2.45. The van der Waals surface area contributed by atoms with Crippen molar-refractivity contribution < 1.29 is 0 Å². The lowest BCUT2D eigenvalue weighted by atomic mass is 9.87. The number of rotatable bonds is 3. The third kappa shape index (κ3) is 3.85. The van der Waals surface area contributed by atoms with Gasteiger partial charge in [0.15, 0.2) is 0 Å². The Balaban J connectivity index is 2.26. The molecule has 2 nitrogen and oxygen atoms in total. The number of nitrogens with zero attached hydrogens (tertiary/aromatic N) is 1. The molecule has 0 saturated carbocycles. The average molecular weight is 301 g/mol. The van der Waals surface area contributed by atoms with Crippen LogP contribution in [-0.4, -0.2) is 12.0 Å². The standard InChI is InChI=1S/C18H21ClN2/c1-18(2,3)14-8-5-13(6-9-14)7-10-15-16(19)11-12-21-17(15)20-4/h5-12H,1-4H3,(H,20,21)/b10-7+. The molecule has 0 aliphatic heterocycles. The lowest BCUT2D eigenvalue weighted by Gasteiger charge is -2.18. The summed E-state index contributed by atoms with van der Waals surface area (Å²) in [6.07, 6.45) is 5.74. The van der Waals surface area contributed by atoms with E-state index in [0.717, 1.165) is 16.9 Å². The highest BCUT2D eigenvalue weighted by Crippen LogP contribution is 2.25. The molecular weight excluding hydrogens is 280 g/mol. The first-order chi connectivity index (χ1) is 9.91. The maximum Gasteiger partial charge on any atom is 0.134 e. The summed E-state index contributed by atoms with van der Waals surface area (Å²) < 4.78 is 0. The Bertz CT molecular complexity index is 637. The van der Waals surface area contributed by atoms with Gasteiger partial charge < -0.3 is 5.32 Å². The molecule has 0 spiro atoms. The third-order valence-electron chi connectivity index (χ3n) is 3.39. The first kappa shape index (κ1) is 15.6. The van der Waals surface area contributed by atoms with Gasteiger partial charge in [-0.15, -0.1) is 0 Å². The number of pyridine rings is 1. The maximum atomic E-state index is 6.23. The van der Waals surface area contributed by atoms with Crippen LogP contribution >= 0.6 is 11.6 Å². The summed E-state index contributed by atoms with van der Waals surface area (Å²) in [5.74, 6) is 0.782. The fourth-order valence-corrected chi connectivity index (χ4v) is 2.29. The van der Waals surface area contributed by atoms with Crippen LogP contribution in [0.1, 0.15) is 37.5 Å². The van der Waals surface area contributed by atoms with E-state index in [1.54, 1.807) is 12.3 Å². The van der Waals surface area contributed by atoms with E-state index in [9.17, 15) is 0 Å². The van der Waals surface area contributed by atoms with E-state index in [1.807, 2.05) is 13.1 Å². The zero-order valence-corrected chi connectivity index (χ0v) is 13.7. The van der Waals surface area contributed by atoms with Crippen LogP contribution in [0.25, 0.3) is 12.2 Å². The molecule has 3 heteroatoms. The van der Waals surface area contributed by atoms with Gasteiger partial charge in [-0.25, -0.2) is 4.98 Å². The number of aromatic nitrogens is 1. The van der Waals surface area contributed by atoms with Crippen molar-refractivity contribution in [2.75, 3.05) is 12.4 Å². The Morgan fingerprint density at radius 2 is 1.71 bits per heavy atom.